The summed E-state index contributed by atoms with van der Waals surface area (Å²) in [5.41, 5.74) is 1.84. The molecule has 0 saturated heterocycles. The van der Waals surface area contributed by atoms with Crippen molar-refractivity contribution in [2.45, 2.75) is 4.90 Å². The second-order valence-electron chi connectivity index (χ2n) is 6.29. The molecule has 9 nitrogen and oxygen atoms in total. The van der Waals surface area contributed by atoms with Crippen molar-refractivity contribution in [3.63, 3.8) is 0 Å². The molecule has 11 heteroatoms. The molecule has 0 heterocycles. The van der Waals surface area contributed by atoms with Gasteiger partial charge in [-0.2, -0.15) is 8.42 Å². The quantitative estimate of drug-likeness (QED) is 0.251. The Kier molecular flexibility index (Phi) is 9.27. The van der Waals surface area contributed by atoms with Gasteiger partial charge in [0.25, 0.3) is 10.1 Å². The van der Waals surface area contributed by atoms with Crippen molar-refractivity contribution in [1.82, 2.24) is 0 Å². The minimum absolute atomic E-state index is 0. The molecule has 0 spiro atoms. The predicted molar refractivity (Wildman–Crippen MR) is 110 cm³/mol. The van der Waals surface area contributed by atoms with Crippen LogP contribution in [0, 0.1) is 0 Å². The van der Waals surface area contributed by atoms with Gasteiger partial charge in [-0.25, -0.2) is 4.79 Å². The zero-order valence-corrected chi connectivity index (χ0v) is 20.9. The van der Waals surface area contributed by atoms with E-state index in [1.165, 1.54) is 13.2 Å². The Hall–Kier alpha value is -1.70. The van der Waals surface area contributed by atoms with E-state index in [1.54, 1.807) is 42.5 Å². The molecule has 0 fully saturated rings. The molecule has 0 aliphatic rings. The molecular formula is C20H19KN2O7S. The number of rotatable bonds is 7. The number of fused-ring (bicyclic) bond motifs is 1. The topological polar surface area (TPSA) is 137 Å². The van der Waals surface area contributed by atoms with Crippen LogP contribution in [0.2, 0.25) is 0 Å². The molecule has 1 amide bonds. The van der Waals surface area contributed by atoms with Gasteiger partial charge in [-0.3, -0.25) is 9.87 Å². The molecule has 3 aromatic rings. The van der Waals surface area contributed by atoms with Crippen LogP contribution >= 0.6 is 0 Å². The summed E-state index contributed by atoms with van der Waals surface area (Å²) in [6.07, 6.45) is -0.592. The molecule has 0 atom stereocenters. The van der Waals surface area contributed by atoms with Gasteiger partial charge in [-0.05, 0) is 59.3 Å². The third kappa shape index (κ3) is 7.15. The van der Waals surface area contributed by atoms with Crippen LogP contribution in [0.15, 0.2) is 59.5 Å². The number of amides is 1. The average molecular weight is 471 g/mol. The Morgan fingerprint density at radius 1 is 1.00 bits per heavy atom. The number of ether oxygens (including phenoxy) is 2. The molecular weight excluding hydrogens is 451 g/mol. The van der Waals surface area contributed by atoms with E-state index in [0.717, 1.165) is 6.07 Å². The van der Waals surface area contributed by atoms with Crippen molar-refractivity contribution >= 4 is 44.0 Å². The van der Waals surface area contributed by atoms with Crippen LogP contribution in [0.4, 0.5) is 21.9 Å². The van der Waals surface area contributed by atoms with Crippen LogP contribution in [0.25, 0.3) is 10.8 Å². The van der Waals surface area contributed by atoms with Gasteiger partial charge in [0.2, 0.25) is 0 Å². The van der Waals surface area contributed by atoms with E-state index in [9.17, 15) is 22.9 Å². The second kappa shape index (κ2) is 11.2. The van der Waals surface area contributed by atoms with Gasteiger partial charge in [0.1, 0.15) is 6.61 Å². The number of carbonyl (C=O) groups is 1. The monoisotopic (exact) mass is 470 g/mol. The molecule has 3 N–H and O–H groups in total. The van der Waals surface area contributed by atoms with Crippen LogP contribution in [0.5, 0.6) is 5.75 Å². The zero-order valence-electron chi connectivity index (χ0n) is 16.9. The van der Waals surface area contributed by atoms with Gasteiger partial charge < -0.3 is 19.9 Å². The third-order valence-electron chi connectivity index (χ3n) is 4.13. The summed E-state index contributed by atoms with van der Waals surface area (Å²) in [6.45, 7) is 0.454. The van der Waals surface area contributed by atoms with E-state index < -0.39 is 26.9 Å². The van der Waals surface area contributed by atoms with Gasteiger partial charge in [-0.1, -0.05) is 11.8 Å². The van der Waals surface area contributed by atoms with Gasteiger partial charge >= 0.3 is 57.5 Å². The average Bonchev–Trinajstić information content (AvgIpc) is 2.69. The molecule has 0 bridgehead atoms. The van der Waals surface area contributed by atoms with E-state index in [1.807, 2.05) is 0 Å². The molecule has 0 aliphatic carbocycles. The molecule has 3 aromatic carbocycles. The van der Waals surface area contributed by atoms with Gasteiger partial charge in [0.05, 0.1) is 11.5 Å². The molecule has 0 saturated carbocycles. The van der Waals surface area contributed by atoms with Crippen molar-refractivity contribution < 1.29 is 83.7 Å². The fourth-order valence-electron chi connectivity index (χ4n) is 2.71. The Morgan fingerprint density at radius 3 is 2.29 bits per heavy atom. The van der Waals surface area contributed by atoms with E-state index in [4.69, 9.17) is 9.47 Å². The fraction of sp³-hybridized carbons (Fsp3) is 0.150. The second-order valence-corrected chi connectivity index (χ2v) is 7.71. The first kappa shape index (κ1) is 25.6. The van der Waals surface area contributed by atoms with Crippen molar-refractivity contribution in [2.75, 3.05) is 31.0 Å². The van der Waals surface area contributed by atoms with E-state index >= 15 is 0 Å². The Morgan fingerprint density at radius 2 is 1.65 bits per heavy atom. The summed E-state index contributed by atoms with van der Waals surface area (Å²) >= 11 is 0. The number of anilines is 3. The maximum Gasteiger partial charge on any atom is 1.00 e. The summed E-state index contributed by atoms with van der Waals surface area (Å²) in [4.78, 5) is 11.2. The number of nitrogens with one attached hydrogen (secondary N) is 2. The SMILES string of the molecule is COCCOC(=O)Nc1ccc(Nc2ccc3c([O-])cc(S(=O)(=O)O)cc3c2)cc1.[K+]. The minimum Gasteiger partial charge on any atom is -0.872 e. The van der Waals surface area contributed by atoms with Gasteiger partial charge in [0.15, 0.2) is 0 Å². The third-order valence-corrected chi connectivity index (χ3v) is 4.96. The van der Waals surface area contributed by atoms with Crippen molar-refractivity contribution in [3.05, 3.63) is 54.6 Å². The molecule has 0 radical (unpaired) electrons. The number of hydrogen-bond acceptors (Lipinski definition) is 7. The van der Waals surface area contributed by atoms with E-state index in [0.29, 0.717) is 34.4 Å². The van der Waals surface area contributed by atoms with E-state index in [-0.39, 0.29) is 58.0 Å². The molecule has 0 aliphatic heterocycles. The van der Waals surface area contributed by atoms with Crippen LogP contribution in [-0.2, 0) is 19.6 Å². The Bertz CT molecular complexity index is 1170. The van der Waals surface area contributed by atoms with Crippen LogP contribution in [-0.4, -0.2) is 39.4 Å². The zero-order chi connectivity index (χ0) is 21.7. The van der Waals surface area contributed by atoms with Crippen molar-refractivity contribution in [3.8, 4) is 5.75 Å². The number of benzene rings is 3. The molecule has 31 heavy (non-hydrogen) atoms. The van der Waals surface area contributed by atoms with Gasteiger partial charge in [-0.15, -0.1) is 0 Å². The number of methoxy groups -OCH3 is 1. The molecule has 3 rings (SSSR count). The minimum atomic E-state index is -4.48. The van der Waals surface area contributed by atoms with Crippen molar-refractivity contribution in [2.24, 2.45) is 0 Å². The predicted octanol–water partition coefficient (Wildman–Crippen LogP) is 0.103. The fourth-order valence-corrected chi connectivity index (χ4v) is 3.24. The van der Waals surface area contributed by atoms with Crippen LogP contribution in [0.3, 0.4) is 0 Å². The van der Waals surface area contributed by atoms with E-state index in [2.05, 4.69) is 10.6 Å². The number of hydrogen-bond donors (Lipinski definition) is 3. The summed E-state index contributed by atoms with van der Waals surface area (Å²) in [5.74, 6) is -0.500. The Balaban J connectivity index is 0.00000341. The molecule has 0 unspecified atom stereocenters. The summed E-state index contributed by atoms with van der Waals surface area (Å²) < 4.78 is 41.6. The van der Waals surface area contributed by atoms with Crippen molar-refractivity contribution in [1.29, 1.82) is 0 Å². The maximum atomic E-state index is 12.1. The summed E-state index contributed by atoms with van der Waals surface area (Å²) in [6, 6.07) is 13.8. The largest absolute Gasteiger partial charge is 1.00 e. The summed E-state index contributed by atoms with van der Waals surface area (Å²) in [7, 11) is -2.97. The standard InChI is InChI=1S/C20H20N2O7S.K/c1-28-8-9-29-20(24)22-15-4-2-14(3-5-15)21-16-6-7-18-13(10-16)11-17(12-19(18)23)30(25,26)27;/h2-7,10-12,21,23H,8-9H2,1H3,(H,22,24)(H,25,26,27);/q;+1/p-1. The summed E-state index contributed by atoms with van der Waals surface area (Å²) in [5, 5.41) is 18.5. The van der Waals surface area contributed by atoms with Gasteiger partial charge in [0, 0.05) is 24.2 Å². The normalized spacial score (nSPS) is 10.9. The molecule has 158 valence electrons. The maximum absolute atomic E-state index is 12.1. The first-order valence-electron chi connectivity index (χ1n) is 8.78. The first-order valence-corrected chi connectivity index (χ1v) is 10.2. The van der Waals surface area contributed by atoms with Crippen LogP contribution in [0.1, 0.15) is 0 Å². The smallest absolute Gasteiger partial charge is 0.872 e. The number of carbonyl (C=O) groups excluding carboxylic acids is 1. The Labute approximate surface area is 221 Å². The van der Waals surface area contributed by atoms with Crippen LogP contribution < -0.4 is 67.1 Å². The molecule has 0 aromatic heterocycles. The first-order chi connectivity index (χ1) is 14.3.